The third-order valence-electron chi connectivity index (χ3n) is 3.02. The van der Waals surface area contributed by atoms with E-state index in [2.05, 4.69) is 0 Å². The van der Waals surface area contributed by atoms with Crippen LogP contribution in [0.2, 0.25) is 0 Å². The molecule has 94 valence electrons. The largest absolute Gasteiger partial charge is 0.466 e. The van der Waals surface area contributed by atoms with E-state index in [1.54, 1.807) is 13.0 Å². The molecule has 1 atom stereocenters. The number of carbonyl (C=O) groups is 2. The zero-order chi connectivity index (χ0) is 13.0. The molecule has 3 nitrogen and oxygen atoms in total. The Kier molecular flexibility index (Phi) is 3.92. The molecular formula is C15H16O3. The minimum atomic E-state index is -0.220. The fourth-order valence-corrected chi connectivity index (χ4v) is 1.98. The van der Waals surface area contributed by atoms with Gasteiger partial charge in [0.25, 0.3) is 0 Å². The molecule has 0 N–H and O–H groups in total. The predicted molar refractivity (Wildman–Crippen MR) is 69.0 cm³/mol. The van der Waals surface area contributed by atoms with E-state index in [9.17, 15) is 9.59 Å². The van der Waals surface area contributed by atoms with E-state index in [-0.39, 0.29) is 17.7 Å². The zero-order valence-electron chi connectivity index (χ0n) is 10.4. The summed E-state index contributed by atoms with van der Waals surface area (Å²) in [6, 6.07) is 7.79. The van der Waals surface area contributed by atoms with Crippen LogP contribution in [0.25, 0.3) is 12.2 Å². The van der Waals surface area contributed by atoms with E-state index in [0.717, 1.165) is 10.4 Å². The Hall–Kier alpha value is -1.90. The first-order chi connectivity index (χ1) is 8.70. The van der Waals surface area contributed by atoms with Gasteiger partial charge in [0.2, 0.25) is 0 Å². The quantitative estimate of drug-likeness (QED) is 0.735. The maximum absolute atomic E-state index is 11.9. The van der Waals surface area contributed by atoms with Crippen molar-refractivity contribution in [2.24, 2.45) is 5.92 Å². The highest BCUT2D eigenvalue weighted by atomic mass is 16.5. The molecule has 2 rings (SSSR count). The molecule has 18 heavy (non-hydrogen) atoms. The molecule has 1 aliphatic carbocycles. The summed E-state index contributed by atoms with van der Waals surface area (Å²) in [5.41, 5.74) is 0. The van der Waals surface area contributed by atoms with Gasteiger partial charge in [0.05, 0.1) is 6.61 Å². The average molecular weight is 244 g/mol. The molecule has 0 aromatic heterocycles. The van der Waals surface area contributed by atoms with E-state index in [1.807, 2.05) is 30.3 Å². The fraction of sp³-hybridized carbons (Fsp3) is 0.333. The Morgan fingerprint density at radius 1 is 1.28 bits per heavy atom. The maximum atomic E-state index is 11.9. The second kappa shape index (κ2) is 5.63. The molecule has 0 amide bonds. The summed E-state index contributed by atoms with van der Waals surface area (Å²) in [7, 11) is 0. The number of carbonyl (C=O) groups excluding carboxylic acids is 2. The van der Waals surface area contributed by atoms with E-state index in [4.69, 9.17) is 4.74 Å². The van der Waals surface area contributed by atoms with Crippen LogP contribution in [0.1, 0.15) is 19.8 Å². The van der Waals surface area contributed by atoms with Gasteiger partial charge in [0.1, 0.15) is 0 Å². The molecule has 1 aromatic carbocycles. The van der Waals surface area contributed by atoms with E-state index >= 15 is 0 Å². The van der Waals surface area contributed by atoms with Gasteiger partial charge in [-0.2, -0.15) is 0 Å². The molecule has 0 fully saturated rings. The number of fused-ring (bicyclic) bond motifs is 1. The van der Waals surface area contributed by atoms with Crippen molar-refractivity contribution in [3.63, 3.8) is 0 Å². The average Bonchev–Trinajstić information content (AvgIpc) is 2.39. The van der Waals surface area contributed by atoms with Crippen LogP contribution < -0.4 is 10.4 Å². The predicted octanol–water partition coefficient (Wildman–Crippen LogP) is 0.790. The van der Waals surface area contributed by atoms with Gasteiger partial charge in [-0.25, -0.2) is 0 Å². The van der Waals surface area contributed by atoms with Gasteiger partial charge in [0.15, 0.2) is 5.78 Å². The van der Waals surface area contributed by atoms with Crippen LogP contribution in [-0.2, 0) is 14.3 Å². The summed E-state index contributed by atoms with van der Waals surface area (Å²) in [6.07, 6.45) is 4.55. The first-order valence-electron chi connectivity index (χ1n) is 6.19. The van der Waals surface area contributed by atoms with E-state index in [1.165, 1.54) is 0 Å². The summed E-state index contributed by atoms with van der Waals surface area (Å²) < 4.78 is 5.01. The Bertz CT molecular complexity index is 572. The Balaban J connectivity index is 2.06. The first kappa shape index (κ1) is 12.6. The van der Waals surface area contributed by atoms with Gasteiger partial charge >= 0.3 is 5.97 Å². The van der Waals surface area contributed by atoms with Crippen LogP contribution >= 0.6 is 0 Å². The summed E-state index contributed by atoms with van der Waals surface area (Å²) in [4.78, 5) is 22.9. The van der Waals surface area contributed by atoms with E-state index in [0.29, 0.717) is 19.4 Å². The number of rotatable bonds is 4. The summed E-state index contributed by atoms with van der Waals surface area (Å²) in [6.45, 7) is 2.06. The summed E-state index contributed by atoms with van der Waals surface area (Å²) in [5, 5.41) is 2.04. The van der Waals surface area contributed by atoms with Crippen LogP contribution in [0.3, 0.4) is 0 Å². The number of benzene rings is 1. The lowest BCUT2D eigenvalue weighted by atomic mass is 9.93. The zero-order valence-corrected chi connectivity index (χ0v) is 10.4. The highest BCUT2D eigenvalue weighted by Gasteiger charge is 2.16. The van der Waals surface area contributed by atoms with Crippen molar-refractivity contribution in [1.82, 2.24) is 0 Å². The second-order valence-electron chi connectivity index (χ2n) is 4.31. The molecule has 0 heterocycles. The molecule has 1 aromatic rings. The van der Waals surface area contributed by atoms with Crippen LogP contribution in [0.4, 0.5) is 0 Å². The van der Waals surface area contributed by atoms with Gasteiger partial charge in [-0.15, -0.1) is 0 Å². The van der Waals surface area contributed by atoms with Gasteiger partial charge in [-0.1, -0.05) is 37.3 Å². The van der Waals surface area contributed by atoms with Gasteiger partial charge in [-0.3, -0.25) is 9.59 Å². The molecule has 3 heteroatoms. The number of esters is 1. The maximum Gasteiger partial charge on any atom is 0.305 e. The molecule has 0 saturated carbocycles. The topological polar surface area (TPSA) is 43.4 Å². The number of ketones is 1. The van der Waals surface area contributed by atoms with Gasteiger partial charge < -0.3 is 4.74 Å². The standard InChI is InChI=1S/C15H16O3/c1-2-15(17)18-8-7-13-9-11-5-3-4-6-12(11)10-14(13)16/h3-6,9-10,13H,2,7-8H2,1H3. The lowest BCUT2D eigenvalue weighted by Gasteiger charge is -2.12. The molecule has 1 aliphatic rings. The minimum Gasteiger partial charge on any atom is -0.466 e. The summed E-state index contributed by atoms with van der Waals surface area (Å²) in [5.74, 6) is -0.312. The van der Waals surface area contributed by atoms with Crippen LogP contribution in [0.5, 0.6) is 0 Å². The number of ether oxygens (including phenoxy) is 1. The van der Waals surface area contributed by atoms with Crippen molar-refractivity contribution in [1.29, 1.82) is 0 Å². The van der Waals surface area contributed by atoms with Gasteiger partial charge in [0, 0.05) is 12.3 Å². The lowest BCUT2D eigenvalue weighted by Crippen LogP contribution is -2.33. The minimum absolute atomic E-state index is 0.0845. The van der Waals surface area contributed by atoms with E-state index < -0.39 is 0 Å². The second-order valence-corrected chi connectivity index (χ2v) is 4.31. The molecule has 0 saturated heterocycles. The van der Waals surface area contributed by atoms with Crippen molar-refractivity contribution < 1.29 is 14.3 Å². The number of hydrogen-bond donors (Lipinski definition) is 0. The van der Waals surface area contributed by atoms with Crippen molar-refractivity contribution in [3.8, 4) is 0 Å². The SMILES string of the molecule is CCC(=O)OCCC1C=c2ccccc2=CC1=O. The van der Waals surface area contributed by atoms with Crippen LogP contribution in [-0.4, -0.2) is 18.4 Å². The highest BCUT2D eigenvalue weighted by molar-refractivity contribution is 6.10. The normalized spacial score (nSPS) is 17.4. The number of Topliss-reactive ketones (excluding diaryl/α,β-unsaturated/α-hetero) is 1. The molecule has 0 spiro atoms. The molecule has 0 radical (unpaired) electrons. The van der Waals surface area contributed by atoms with Crippen LogP contribution in [0.15, 0.2) is 24.3 Å². The molecule has 0 aliphatic heterocycles. The molecular weight excluding hydrogens is 228 g/mol. The third kappa shape index (κ3) is 2.86. The number of hydrogen-bond acceptors (Lipinski definition) is 3. The molecule has 1 unspecified atom stereocenters. The van der Waals surface area contributed by atoms with Crippen molar-refractivity contribution in [2.75, 3.05) is 6.61 Å². The molecule has 0 bridgehead atoms. The summed E-state index contributed by atoms with van der Waals surface area (Å²) >= 11 is 0. The fourth-order valence-electron chi connectivity index (χ4n) is 1.98. The van der Waals surface area contributed by atoms with Crippen molar-refractivity contribution >= 4 is 23.9 Å². The van der Waals surface area contributed by atoms with Crippen LogP contribution in [0, 0.1) is 5.92 Å². The third-order valence-corrected chi connectivity index (χ3v) is 3.02. The Morgan fingerprint density at radius 2 is 2.00 bits per heavy atom. The van der Waals surface area contributed by atoms with Crippen molar-refractivity contribution in [2.45, 2.75) is 19.8 Å². The smallest absolute Gasteiger partial charge is 0.305 e. The Morgan fingerprint density at radius 3 is 2.72 bits per heavy atom. The lowest BCUT2D eigenvalue weighted by molar-refractivity contribution is -0.143. The Labute approximate surface area is 106 Å². The van der Waals surface area contributed by atoms with Crippen molar-refractivity contribution in [3.05, 3.63) is 34.7 Å². The first-order valence-corrected chi connectivity index (χ1v) is 6.19. The van der Waals surface area contributed by atoms with Gasteiger partial charge in [-0.05, 0) is 22.9 Å². The highest BCUT2D eigenvalue weighted by Crippen LogP contribution is 2.10. The monoisotopic (exact) mass is 244 g/mol.